The van der Waals surface area contributed by atoms with Crippen LogP contribution in [0.3, 0.4) is 0 Å². The van der Waals surface area contributed by atoms with Crippen LogP contribution in [0, 0.1) is 35.5 Å². The van der Waals surface area contributed by atoms with E-state index in [-0.39, 0.29) is 0 Å². The van der Waals surface area contributed by atoms with Crippen LogP contribution in [0.1, 0.15) is 60.8 Å². The molecule has 0 N–H and O–H groups in total. The van der Waals surface area contributed by atoms with Gasteiger partial charge in [0.05, 0.1) is 0 Å². The Bertz CT molecular complexity index is 184. The number of rotatable bonds is 0. The van der Waals surface area contributed by atoms with Crippen molar-refractivity contribution in [2.45, 2.75) is 60.8 Å². The molecular weight excluding hydrogens is 180 g/mol. The van der Waals surface area contributed by atoms with E-state index < -0.39 is 0 Å². The van der Waals surface area contributed by atoms with Crippen LogP contribution in [0.4, 0.5) is 0 Å². The van der Waals surface area contributed by atoms with Crippen LogP contribution in [0.25, 0.3) is 0 Å². The molecule has 0 aromatic heterocycles. The summed E-state index contributed by atoms with van der Waals surface area (Å²) in [5, 5.41) is 0. The number of fused-ring (bicyclic) bond motifs is 1. The molecule has 90 valence electrons. The van der Waals surface area contributed by atoms with Crippen molar-refractivity contribution in [2.75, 3.05) is 0 Å². The average molecular weight is 210 g/mol. The molecule has 0 amide bonds. The maximum Gasteiger partial charge on any atom is -0.0332 e. The van der Waals surface area contributed by atoms with Gasteiger partial charge >= 0.3 is 0 Å². The third-order valence-corrected chi connectivity index (χ3v) is 5.20. The van der Waals surface area contributed by atoms with Crippen molar-refractivity contribution in [2.24, 2.45) is 35.5 Å². The van der Waals surface area contributed by atoms with Crippen LogP contribution in [-0.4, -0.2) is 0 Å². The summed E-state index contributed by atoms with van der Waals surface area (Å²) in [6.45, 7) is 13.9. The molecule has 0 heteroatoms. The van der Waals surface area contributed by atoms with Crippen molar-refractivity contribution in [3.8, 4) is 0 Å². The van der Waals surface area contributed by atoms with Gasteiger partial charge in [0.15, 0.2) is 0 Å². The first-order valence-corrected chi connectivity index (χ1v) is 7.11. The molecule has 0 aromatic carbocycles. The van der Waals surface area contributed by atoms with Gasteiger partial charge in [-0.15, -0.1) is 0 Å². The van der Waals surface area contributed by atoms with E-state index in [0.29, 0.717) is 0 Å². The molecule has 15 heavy (non-hydrogen) atoms. The minimum atomic E-state index is 0.960. The summed E-state index contributed by atoms with van der Waals surface area (Å²) in [7, 11) is 0. The standard InChI is InChI=1S/C13H24.C2H6/c1-8-5-6-12-7-9(2)10(3)11(4)13(8)12;1-2/h8-13H,5-7H2,1-4H3;1-2H3. The summed E-state index contributed by atoms with van der Waals surface area (Å²) < 4.78 is 0. The van der Waals surface area contributed by atoms with Gasteiger partial charge in [0.2, 0.25) is 0 Å². The summed E-state index contributed by atoms with van der Waals surface area (Å²) in [5.74, 6) is 6.06. The van der Waals surface area contributed by atoms with E-state index in [1.165, 1.54) is 19.3 Å². The minimum absolute atomic E-state index is 0.960. The van der Waals surface area contributed by atoms with E-state index in [1.54, 1.807) is 0 Å². The van der Waals surface area contributed by atoms with Gasteiger partial charge in [-0.1, -0.05) is 48.0 Å². The molecule has 6 atom stereocenters. The van der Waals surface area contributed by atoms with Gasteiger partial charge in [0.1, 0.15) is 0 Å². The molecule has 2 rings (SSSR count). The van der Waals surface area contributed by atoms with Crippen LogP contribution in [0.2, 0.25) is 0 Å². The van der Waals surface area contributed by atoms with Crippen LogP contribution >= 0.6 is 0 Å². The highest BCUT2D eigenvalue weighted by atomic mass is 14.5. The first-order chi connectivity index (χ1) is 7.11. The van der Waals surface area contributed by atoms with Gasteiger partial charge in [-0.05, 0) is 48.3 Å². The predicted molar refractivity (Wildman–Crippen MR) is 68.8 cm³/mol. The van der Waals surface area contributed by atoms with E-state index in [4.69, 9.17) is 0 Å². The van der Waals surface area contributed by atoms with Crippen molar-refractivity contribution in [1.29, 1.82) is 0 Å². The Morgan fingerprint density at radius 1 is 0.733 bits per heavy atom. The smallest absolute Gasteiger partial charge is 0.0332 e. The molecule has 0 nitrogen and oxygen atoms in total. The van der Waals surface area contributed by atoms with E-state index in [2.05, 4.69) is 27.7 Å². The Balaban J connectivity index is 0.000000531. The van der Waals surface area contributed by atoms with Crippen molar-refractivity contribution in [1.82, 2.24) is 0 Å². The van der Waals surface area contributed by atoms with Crippen LogP contribution in [-0.2, 0) is 0 Å². The lowest BCUT2D eigenvalue weighted by Gasteiger charge is -2.42. The summed E-state index contributed by atoms with van der Waals surface area (Å²) in [5.41, 5.74) is 0. The molecule has 2 aliphatic rings. The molecule has 0 bridgehead atoms. The summed E-state index contributed by atoms with van der Waals surface area (Å²) in [6, 6.07) is 0. The zero-order valence-corrected chi connectivity index (χ0v) is 11.6. The first kappa shape index (κ1) is 13.1. The lowest BCUT2D eigenvalue weighted by molar-refractivity contribution is 0.0649. The Kier molecular flexibility index (Phi) is 4.67. The SMILES string of the molecule is CC.CC1CC2CCC(C)C2C(C)C1C. The van der Waals surface area contributed by atoms with Gasteiger partial charge in [0.25, 0.3) is 0 Å². The fraction of sp³-hybridized carbons (Fsp3) is 1.00. The molecule has 0 spiro atoms. The molecule has 0 saturated heterocycles. The molecular formula is C15H30. The van der Waals surface area contributed by atoms with Gasteiger partial charge < -0.3 is 0 Å². The van der Waals surface area contributed by atoms with E-state index in [0.717, 1.165) is 35.5 Å². The average Bonchev–Trinajstić information content (AvgIpc) is 2.60. The van der Waals surface area contributed by atoms with Crippen molar-refractivity contribution < 1.29 is 0 Å². The maximum atomic E-state index is 2.50. The molecule has 0 aromatic rings. The zero-order chi connectivity index (χ0) is 11.6. The topological polar surface area (TPSA) is 0 Å². The summed E-state index contributed by atoms with van der Waals surface area (Å²) >= 11 is 0. The highest BCUT2D eigenvalue weighted by Gasteiger charge is 2.44. The molecule has 2 aliphatic carbocycles. The van der Waals surface area contributed by atoms with Crippen molar-refractivity contribution in [3.63, 3.8) is 0 Å². The second-order valence-electron chi connectivity index (χ2n) is 5.82. The Labute approximate surface area is 96.8 Å². The van der Waals surface area contributed by atoms with Crippen LogP contribution in [0.15, 0.2) is 0 Å². The fourth-order valence-electron chi connectivity index (χ4n) is 4.11. The second-order valence-corrected chi connectivity index (χ2v) is 5.82. The molecule has 0 heterocycles. The third-order valence-electron chi connectivity index (χ3n) is 5.20. The van der Waals surface area contributed by atoms with Gasteiger partial charge in [-0.3, -0.25) is 0 Å². The van der Waals surface area contributed by atoms with Crippen molar-refractivity contribution >= 4 is 0 Å². The molecule has 0 aliphatic heterocycles. The van der Waals surface area contributed by atoms with Crippen LogP contribution < -0.4 is 0 Å². The van der Waals surface area contributed by atoms with Gasteiger partial charge in [-0.2, -0.15) is 0 Å². The maximum absolute atomic E-state index is 2.50. The lowest BCUT2D eigenvalue weighted by atomic mass is 9.63. The predicted octanol–water partition coefficient (Wildman–Crippen LogP) is 4.99. The molecule has 2 fully saturated rings. The highest BCUT2D eigenvalue weighted by Crippen LogP contribution is 2.52. The normalized spacial score (nSPS) is 49.2. The van der Waals surface area contributed by atoms with E-state index in [9.17, 15) is 0 Å². The second kappa shape index (κ2) is 5.37. The molecule has 0 radical (unpaired) electrons. The number of hydrogen-bond donors (Lipinski definition) is 0. The monoisotopic (exact) mass is 210 g/mol. The Hall–Kier alpha value is 0. The largest absolute Gasteiger partial charge is 0.0683 e. The summed E-state index contributed by atoms with van der Waals surface area (Å²) in [6.07, 6.45) is 4.53. The first-order valence-electron chi connectivity index (χ1n) is 7.11. The van der Waals surface area contributed by atoms with E-state index >= 15 is 0 Å². The number of hydrogen-bond acceptors (Lipinski definition) is 0. The Morgan fingerprint density at radius 2 is 1.33 bits per heavy atom. The minimum Gasteiger partial charge on any atom is -0.0683 e. The van der Waals surface area contributed by atoms with Crippen LogP contribution in [0.5, 0.6) is 0 Å². The summed E-state index contributed by atoms with van der Waals surface area (Å²) in [4.78, 5) is 0. The quantitative estimate of drug-likeness (QED) is 0.528. The molecule has 2 saturated carbocycles. The van der Waals surface area contributed by atoms with Gasteiger partial charge in [-0.25, -0.2) is 0 Å². The highest BCUT2D eigenvalue weighted by molar-refractivity contribution is 4.93. The fourth-order valence-corrected chi connectivity index (χ4v) is 4.11. The van der Waals surface area contributed by atoms with Crippen molar-refractivity contribution in [3.05, 3.63) is 0 Å². The Morgan fingerprint density at radius 3 is 1.93 bits per heavy atom. The van der Waals surface area contributed by atoms with Gasteiger partial charge in [0, 0.05) is 0 Å². The molecule has 6 unspecified atom stereocenters. The zero-order valence-electron chi connectivity index (χ0n) is 11.6. The third kappa shape index (κ3) is 2.40. The van der Waals surface area contributed by atoms with E-state index in [1.807, 2.05) is 13.8 Å². The lowest BCUT2D eigenvalue weighted by Crippen LogP contribution is -2.35.